The van der Waals surface area contributed by atoms with Gasteiger partial charge in [0.1, 0.15) is 11.5 Å². The Balaban J connectivity index is 1.65. The number of carbonyl (C=O) groups excluding carboxylic acids is 2. The first-order valence-electron chi connectivity index (χ1n) is 8.14. The standard InChI is InChI=1S/C19H20BrNO5/c1-2-24-14-7-9-15(10-8-14)25-12-11-19(23)26-13-18(22)21-17-6-4-3-5-16(17)20/h3-10H,2,11-13H2,1H3,(H,21,22). The van der Waals surface area contributed by atoms with Gasteiger partial charge in [-0.15, -0.1) is 0 Å². The van der Waals surface area contributed by atoms with Gasteiger partial charge in [-0.3, -0.25) is 9.59 Å². The normalized spacial score (nSPS) is 10.1. The van der Waals surface area contributed by atoms with Gasteiger partial charge in [0.2, 0.25) is 0 Å². The second-order valence-electron chi connectivity index (χ2n) is 5.19. The predicted octanol–water partition coefficient (Wildman–Crippen LogP) is 3.80. The number of benzene rings is 2. The van der Waals surface area contributed by atoms with Crippen LogP contribution in [0, 0.1) is 0 Å². The van der Waals surface area contributed by atoms with Crippen LogP contribution in [0.3, 0.4) is 0 Å². The molecule has 0 saturated heterocycles. The van der Waals surface area contributed by atoms with Crippen LogP contribution in [0.25, 0.3) is 0 Å². The number of esters is 1. The van der Waals surface area contributed by atoms with Crippen molar-refractivity contribution in [2.75, 3.05) is 25.1 Å². The third kappa shape index (κ3) is 6.76. The molecule has 1 amide bonds. The minimum atomic E-state index is -0.502. The van der Waals surface area contributed by atoms with Crippen LogP contribution in [0.5, 0.6) is 11.5 Å². The molecule has 0 heterocycles. The highest BCUT2D eigenvalue weighted by Crippen LogP contribution is 2.21. The maximum Gasteiger partial charge on any atom is 0.309 e. The summed E-state index contributed by atoms with van der Waals surface area (Å²) in [6.07, 6.45) is 0.0511. The summed E-state index contributed by atoms with van der Waals surface area (Å²) in [4.78, 5) is 23.5. The molecule has 0 radical (unpaired) electrons. The van der Waals surface area contributed by atoms with Crippen molar-refractivity contribution in [1.82, 2.24) is 0 Å². The molecule has 0 aliphatic rings. The number of hydrogen-bond donors (Lipinski definition) is 1. The molecular formula is C19H20BrNO5. The van der Waals surface area contributed by atoms with Crippen molar-refractivity contribution in [3.63, 3.8) is 0 Å². The minimum Gasteiger partial charge on any atom is -0.494 e. The number of rotatable bonds is 9. The van der Waals surface area contributed by atoms with E-state index in [0.717, 1.165) is 10.2 Å². The first-order valence-corrected chi connectivity index (χ1v) is 8.93. The minimum absolute atomic E-state index is 0.0511. The average Bonchev–Trinajstić information content (AvgIpc) is 2.64. The van der Waals surface area contributed by atoms with Crippen LogP contribution in [0.1, 0.15) is 13.3 Å². The molecule has 0 aliphatic heterocycles. The lowest BCUT2D eigenvalue weighted by Gasteiger charge is -2.09. The molecule has 7 heteroatoms. The molecule has 0 bridgehead atoms. The Morgan fingerprint density at radius 2 is 1.65 bits per heavy atom. The molecule has 0 aliphatic carbocycles. The lowest BCUT2D eigenvalue weighted by Crippen LogP contribution is -2.21. The van der Waals surface area contributed by atoms with E-state index in [1.807, 2.05) is 13.0 Å². The molecule has 2 aromatic rings. The Bertz CT molecular complexity index is 733. The number of carbonyl (C=O) groups is 2. The summed E-state index contributed by atoms with van der Waals surface area (Å²) < 4.78 is 16.5. The van der Waals surface area contributed by atoms with Gasteiger partial charge >= 0.3 is 5.97 Å². The van der Waals surface area contributed by atoms with Crippen LogP contribution in [-0.2, 0) is 14.3 Å². The summed E-state index contributed by atoms with van der Waals surface area (Å²) in [5, 5.41) is 2.66. The first-order chi connectivity index (χ1) is 12.6. The summed E-state index contributed by atoms with van der Waals surface area (Å²) >= 11 is 3.33. The molecule has 138 valence electrons. The third-order valence-corrected chi connectivity index (χ3v) is 3.91. The molecule has 0 unspecified atom stereocenters. The van der Waals surface area contributed by atoms with Crippen molar-refractivity contribution in [2.45, 2.75) is 13.3 Å². The second kappa shape index (κ2) is 10.5. The van der Waals surface area contributed by atoms with Gasteiger partial charge in [-0.2, -0.15) is 0 Å². The van der Waals surface area contributed by atoms with Gasteiger partial charge < -0.3 is 19.5 Å². The number of nitrogens with one attached hydrogen (secondary N) is 1. The summed E-state index contributed by atoms with van der Waals surface area (Å²) in [7, 11) is 0. The van der Waals surface area contributed by atoms with E-state index in [2.05, 4.69) is 21.2 Å². The zero-order chi connectivity index (χ0) is 18.8. The summed E-state index contributed by atoms with van der Waals surface area (Å²) in [6.45, 7) is 2.33. The number of hydrogen-bond acceptors (Lipinski definition) is 5. The summed E-state index contributed by atoms with van der Waals surface area (Å²) in [5.41, 5.74) is 0.618. The fourth-order valence-corrected chi connectivity index (χ4v) is 2.40. The number of para-hydroxylation sites is 1. The summed E-state index contributed by atoms with van der Waals surface area (Å²) in [5.74, 6) is 0.485. The van der Waals surface area contributed by atoms with Crippen molar-refractivity contribution < 1.29 is 23.8 Å². The molecule has 26 heavy (non-hydrogen) atoms. The highest BCUT2D eigenvalue weighted by molar-refractivity contribution is 9.10. The number of amides is 1. The van der Waals surface area contributed by atoms with E-state index in [9.17, 15) is 9.59 Å². The smallest absolute Gasteiger partial charge is 0.309 e. The molecule has 0 spiro atoms. The van der Waals surface area contributed by atoms with Gasteiger partial charge in [0.15, 0.2) is 6.61 Å². The molecule has 0 saturated carbocycles. The van der Waals surface area contributed by atoms with Crippen LogP contribution in [-0.4, -0.2) is 31.7 Å². The van der Waals surface area contributed by atoms with Crippen molar-refractivity contribution in [3.05, 3.63) is 53.0 Å². The molecule has 1 N–H and O–H groups in total. The van der Waals surface area contributed by atoms with E-state index in [4.69, 9.17) is 14.2 Å². The van der Waals surface area contributed by atoms with Gasteiger partial charge in [-0.25, -0.2) is 0 Å². The van der Waals surface area contributed by atoms with E-state index in [-0.39, 0.29) is 19.6 Å². The highest BCUT2D eigenvalue weighted by atomic mass is 79.9. The Hall–Kier alpha value is -2.54. The van der Waals surface area contributed by atoms with Crippen LogP contribution in [0.15, 0.2) is 53.0 Å². The van der Waals surface area contributed by atoms with Crippen molar-refractivity contribution >= 4 is 33.5 Å². The van der Waals surface area contributed by atoms with Gasteiger partial charge in [-0.1, -0.05) is 12.1 Å². The van der Waals surface area contributed by atoms with Crippen molar-refractivity contribution in [2.24, 2.45) is 0 Å². The predicted molar refractivity (Wildman–Crippen MR) is 101 cm³/mol. The van der Waals surface area contributed by atoms with Crippen LogP contribution < -0.4 is 14.8 Å². The van der Waals surface area contributed by atoms with E-state index in [1.165, 1.54) is 0 Å². The highest BCUT2D eigenvalue weighted by Gasteiger charge is 2.09. The average molecular weight is 422 g/mol. The Kier molecular flexibility index (Phi) is 7.95. The molecule has 2 rings (SSSR count). The Labute approximate surface area is 160 Å². The lowest BCUT2D eigenvalue weighted by atomic mass is 10.3. The van der Waals surface area contributed by atoms with E-state index >= 15 is 0 Å². The largest absolute Gasteiger partial charge is 0.494 e. The number of halogens is 1. The SMILES string of the molecule is CCOc1ccc(OCCC(=O)OCC(=O)Nc2ccccc2Br)cc1. The molecular weight excluding hydrogens is 402 g/mol. The third-order valence-electron chi connectivity index (χ3n) is 3.22. The molecule has 6 nitrogen and oxygen atoms in total. The van der Waals surface area contributed by atoms with Crippen LogP contribution in [0.2, 0.25) is 0 Å². The van der Waals surface area contributed by atoms with Gasteiger partial charge in [-0.05, 0) is 59.3 Å². The lowest BCUT2D eigenvalue weighted by molar-refractivity contribution is -0.147. The zero-order valence-corrected chi connectivity index (χ0v) is 16.0. The number of anilines is 1. The maximum atomic E-state index is 11.8. The fraction of sp³-hybridized carbons (Fsp3) is 0.263. The van der Waals surface area contributed by atoms with E-state index < -0.39 is 11.9 Å². The van der Waals surface area contributed by atoms with Gasteiger partial charge in [0, 0.05) is 4.47 Å². The van der Waals surface area contributed by atoms with Gasteiger partial charge in [0.25, 0.3) is 5.91 Å². The first kappa shape index (κ1) is 19.8. The zero-order valence-electron chi connectivity index (χ0n) is 14.4. The fourth-order valence-electron chi connectivity index (χ4n) is 2.02. The molecule has 0 atom stereocenters. The quantitative estimate of drug-likeness (QED) is 0.623. The number of ether oxygens (including phenoxy) is 3. The molecule has 0 aromatic heterocycles. The van der Waals surface area contributed by atoms with Crippen molar-refractivity contribution in [1.29, 1.82) is 0 Å². The van der Waals surface area contributed by atoms with Crippen molar-refractivity contribution in [3.8, 4) is 11.5 Å². The van der Waals surface area contributed by atoms with Crippen LogP contribution in [0.4, 0.5) is 5.69 Å². The monoisotopic (exact) mass is 421 g/mol. The van der Waals surface area contributed by atoms with Crippen LogP contribution >= 0.6 is 15.9 Å². The Morgan fingerprint density at radius 1 is 1.00 bits per heavy atom. The van der Waals surface area contributed by atoms with Gasteiger partial charge in [0.05, 0.1) is 25.3 Å². The van der Waals surface area contributed by atoms with E-state index in [1.54, 1.807) is 42.5 Å². The Morgan fingerprint density at radius 3 is 2.31 bits per heavy atom. The molecule has 2 aromatic carbocycles. The maximum absolute atomic E-state index is 11.8. The topological polar surface area (TPSA) is 73.9 Å². The molecule has 0 fully saturated rings. The van der Waals surface area contributed by atoms with E-state index in [0.29, 0.717) is 18.0 Å². The second-order valence-corrected chi connectivity index (χ2v) is 6.05. The summed E-state index contributed by atoms with van der Waals surface area (Å²) in [6, 6.07) is 14.3.